The second kappa shape index (κ2) is 10.1. The maximum Gasteiger partial charge on any atom is 0.248 e. The fraction of sp³-hybridized carbons (Fsp3) is 0.167. The molecule has 0 aliphatic carbocycles. The van der Waals surface area contributed by atoms with Crippen LogP contribution >= 0.6 is 0 Å². The van der Waals surface area contributed by atoms with E-state index >= 15 is 0 Å². The minimum Gasteiger partial charge on any atom is -0.457 e. The molecule has 2 amide bonds. The molecule has 3 aromatic rings. The molecule has 0 saturated heterocycles. The molecule has 1 aromatic heterocycles. The number of furan rings is 1. The summed E-state index contributed by atoms with van der Waals surface area (Å²) in [6.45, 7) is 2.04. The van der Waals surface area contributed by atoms with Crippen LogP contribution in [0.1, 0.15) is 31.9 Å². The number of hydrogen-bond donors (Lipinski definition) is 2. The third kappa shape index (κ3) is 6.21. The highest BCUT2D eigenvalue weighted by Gasteiger charge is 2.05. The molecule has 148 valence electrons. The van der Waals surface area contributed by atoms with Gasteiger partial charge >= 0.3 is 0 Å². The number of carbonyl (C=O) groups excluding carboxylic acids is 2. The smallest absolute Gasteiger partial charge is 0.248 e. The summed E-state index contributed by atoms with van der Waals surface area (Å²) in [5, 5.41) is 5.63. The van der Waals surface area contributed by atoms with E-state index in [0.29, 0.717) is 23.6 Å². The minimum atomic E-state index is -0.280. The topological polar surface area (TPSA) is 71.3 Å². The summed E-state index contributed by atoms with van der Waals surface area (Å²) in [5.41, 5.74) is 2.25. The molecule has 0 radical (unpaired) electrons. The average Bonchev–Trinajstić information content (AvgIpc) is 3.21. The number of anilines is 2. The van der Waals surface area contributed by atoms with Crippen LogP contribution in [0.5, 0.6) is 0 Å². The Labute approximate surface area is 170 Å². The van der Waals surface area contributed by atoms with Crippen molar-refractivity contribution in [3.63, 3.8) is 0 Å². The van der Waals surface area contributed by atoms with E-state index in [-0.39, 0.29) is 11.8 Å². The summed E-state index contributed by atoms with van der Waals surface area (Å²) >= 11 is 0. The molecule has 2 aromatic carbocycles. The lowest BCUT2D eigenvalue weighted by Gasteiger charge is -2.07. The first kappa shape index (κ1) is 20.1. The van der Waals surface area contributed by atoms with Gasteiger partial charge in [0, 0.05) is 29.4 Å². The summed E-state index contributed by atoms with van der Waals surface area (Å²) in [4.78, 5) is 24.1. The minimum absolute atomic E-state index is 0.0257. The van der Waals surface area contributed by atoms with Gasteiger partial charge in [0.1, 0.15) is 11.5 Å². The highest BCUT2D eigenvalue weighted by Crippen LogP contribution is 2.22. The van der Waals surface area contributed by atoms with Crippen molar-refractivity contribution >= 4 is 29.3 Å². The van der Waals surface area contributed by atoms with Crippen LogP contribution in [-0.4, -0.2) is 11.8 Å². The predicted octanol–water partition coefficient (Wildman–Crippen LogP) is 5.73. The monoisotopic (exact) mass is 388 g/mol. The molecule has 29 heavy (non-hydrogen) atoms. The van der Waals surface area contributed by atoms with Crippen molar-refractivity contribution in [2.24, 2.45) is 0 Å². The lowest BCUT2D eigenvalue weighted by atomic mass is 10.2. The Bertz CT molecular complexity index is 990. The highest BCUT2D eigenvalue weighted by atomic mass is 16.3. The van der Waals surface area contributed by atoms with Crippen molar-refractivity contribution in [2.75, 3.05) is 10.6 Å². The first-order chi connectivity index (χ1) is 14.1. The predicted molar refractivity (Wildman–Crippen MR) is 116 cm³/mol. The maximum atomic E-state index is 12.2. The van der Waals surface area contributed by atoms with Gasteiger partial charge in [0.15, 0.2) is 0 Å². The van der Waals surface area contributed by atoms with Crippen LogP contribution in [-0.2, 0) is 9.59 Å². The number of rotatable bonds is 8. The maximum absolute atomic E-state index is 12.2. The van der Waals surface area contributed by atoms with Crippen LogP contribution in [0.3, 0.4) is 0 Å². The van der Waals surface area contributed by atoms with Crippen LogP contribution in [0.2, 0.25) is 0 Å². The second-order valence-corrected chi connectivity index (χ2v) is 6.62. The molecule has 0 bridgehead atoms. The normalized spacial score (nSPS) is 10.8. The molecular formula is C24H24N2O3. The molecule has 1 heterocycles. The summed E-state index contributed by atoms with van der Waals surface area (Å²) in [6, 6.07) is 20.5. The van der Waals surface area contributed by atoms with Crippen LogP contribution in [0, 0.1) is 0 Å². The first-order valence-corrected chi connectivity index (χ1v) is 9.68. The van der Waals surface area contributed by atoms with E-state index in [2.05, 4.69) is 10.6 Å². The van der Waals surface area contributed by atoms with E-state index in [1.165, 1.54) is 6.08 Å². The summed E-state index contributed by atoms with van der Waals surface area (Å²) < 4.78 is 5.75. The van der Waals surface area contributed by atoms with Crippen LogP contribution < -0.4 is 10.6 Å². The van der Waals surface area contributed by atoms with E-state index in [9.17, 15) is 9.59 Å². The van der Waals surface area contributed by atoms with Gasteiger partial charge < -0.3 is 15.1 Å². The second-order valence-electron chi connectivity index (χ2n) is 6.62. The van der Waals surface area contributed by atoms with Crippen molar-refractivity contribution < 1.29 is 14.0 Å². The number of amides is 2. The van der Waals surface area contributed by atoms with Crippen LogP contribution in [0.15, 0.2) is 77.2 Å². The zero-order valence-corrected chi connectivity index (χ0v) is 16.4. The molecule has 0 saturated carbocycles. The standard InChI is InChI=1S/C24H24N2O3/c1-2-3-12-23(27)25-19-10-7-11-20(17-19)26-24(28)16-14-21-13-15-22(29-21)18-8-5-4-6-9-18/h4-11,13-17H,2-3,12H2,1H3,(H,25,27)(H,26,28)/b16-14+. The third-order valence-corrected chi connectivity index (χ3v) is 4.26. The van der Waals surface area contributed by atoms with Crippen LogP contribution in [0.4, 0.5) is 11.4 Å². The van der Waals surface area contributed by atoms with Gasteiger partial charge in [-0.25, -0.2) is 0 Å². The molecule has 0 fully saturated rings. The molecule has 5 heteroatoms. The van der Waals surface area contributed by atoms with Gasteiger partial charge in [0.2, 0.25) is 11.8 Å². The van der Waals surface area contributed by atoms with E-state index in [0.717, 1.165) is 24.2 Å². The number of carbonyl (C=O) groups is 2. The van der Waals surface area contributed by atoms with Crippen LogP contribution in [0.25, 0.3) is 17.4 Å². The lowest BCUT2D eigenvalue weighted by molar-refractivity contribution is -0.116. The lowest BCUT2D eigenvalue weighted by Crippen LogP contribution is -2.12. The van der Waals surface area contributed by atoms with Crippen molar-refractivity contribution in [1.29, 1.82) is 0 Å². The van der Waals surface area contributed by atoms with Gasteiger partial charge in [-0.2, -0.15) is 0 Å². The van der Waals surface area contributed by atoms with Gasteiger partial charge in [-0.3, -0.25) is 9.59 Å². The number of hydrogen-bond acceptors (Lipinski definition) is 3. The zero-order chi connectivity index (χ0) is 20.5. The molecular weight excluding hydrogens is 364 g/mol. The van der Waals surface area contributed by atoms with Gasteiger partial charge in [0.25, 0.3) is 0 Å². The van der Waals surface area contributed by atoms with E-state index in [1.807, 2.05) is 49.4 Å². The molecule has 0 aliphatic rings. The summed E-state index contributed by atoms with van der Waals surface area (Å²) in [7, 11) is 0. The van der Waals surface area contributed by atoms with Crippen molar-refractivity contribution in [1.82, 2.24) is 0 Å². The molecule has 0 spiro atoms. The highest BCUT2D eigenvalue weighted by molar-refractivity contribution is 6.02. The van der Waals surface area contributed by atoms with Gasteiger partial charge in [0.05, 0.1) is 0 Å². The summed E-state index contributed by atoms with van der Waals surface area (Å²) in [6.07, 6.45) is 5.35. The fourth-order valence-electron chi connectivity index (χ4n) is 2.78. The quantitative estimate of drug-likeness (QED) is 0.484. The number of benzene rings is 2. The van der Waals surface area contributed by atoms with Crippen molar-refractivity contribution in [3.8, 4) is 11.3 Å². The Morgan fingerprint density at radius 1 is 0.931 bits per heavy atom. The number of unbranched alkanes of at least 4 members (excludes halogenated alkanes) is 1. The molecule has 5 nitrogen and oxygen atoms in total. The van der Waals surface area contributed by atoms with Gasteiger partial charge in [-0.1, -0.05) is 49.7 Å². The zero-order valence-electron chi connectivity index (χ0n) is 16.4. The Morgan fingerprint density at radius 2 is 1.69 bits per heavy atom. The van der Waals surface area contributed by atoms with E-state index < -0.39 is 0 Å². The molecule has 3 rings (SSSR count). The average molecular weight is 388 g/mol. The third-order valence-electron chi connectivity index (χ3n) is 4.26. The Morgan fingerprint density at radius 3 is 2.45 bits per heavy atom. The largest absolute Gasteiger partial charge is 0.457 e. The van der Waals surface area contributed by atoms with Gasteiger partial charge in [-0.05, 0) is 42.8 Å². The Hall–Kier alpha value is -3.60. The summed E-state index contributed by atoms with van der Waals surface area (Å²) in [5.74, 6) is 1.03. The number of nitrogens with one attached hydrogen (secondary N) is 2. The molecule has 0 aliphatic heterocycles. The SMILES string of the molecule is CCCCC(=O)Nc1cccc(NC(=O)/C=C/c2ccc(-c3ccccc3)o2)c1. The Kier molecular flexibility index (Phi) is 7.00. The van der Waals surface area contributed by atoms with Gasteiger partial charge in [-0.15, -0.1) is 0 Å². The molecule has 0 atom stereocenters. The first-order valence-electron chi connectivity index (χ1n) is 9.68. The van der Waals surface area contributed by atoms with E-state index in [1.54, 1.807) is 30.3 Å². The fourth-order valence-corrected chi connectivity index (χ4v) is 2.78. The molecule has 2 N–H and O–H groups in total. The van der Waals surface area contributed by atoms with Crippen molar-refractivity contribution in [2.45, 2.75) is 26.2 Å². The molecule has 0 unspecified atom stereocenters. The Balaban J connectivity index is 1.57. The van der Waals surface area contributed by atoms with E-state index in [4.69, 9.17) is 4.42 Å². The van der Waals surface area contributed by atoms with Crippen molar-refractivity contribution in [3.05, 3.63) is 78.6 Å².